The van der Waals surface area contributed by atoms with E-state index < -0.39 is 0 Å². The van der Waals surface area contributed by atoms with Gasteiger partial charge in [0.25, 0.3) is 0 Å². The van der Waals surface area contributed by atoms with Crippen LogP contribution in [0.2, 0.25) is 0 Å². The zero-order chi connectivity index (χ0) is 11.5. The van der Waals surface area contributed by atoms with Crippen LogP contribution in [0.15, 0.2) is 28.5 Å². The van der Waals surface area contributed by atoms with Crippen LogP contribution < -0.4 is 4.74 Å². The van der Waals surface area contributed by atoms with E-state index in [2.05, 4.69) is 0 Å². The van der Waals surface area contributed by atoms with E-state index in [1.54, 1.807) is 36.7 Å². The minimum atomic E-state index is 0.122. The van der Waals surface area contributed by atoms with Gasteiger partial charge in [-0.3, -0.25) is 4.79 Å². The lowest BCUT2D eigenvalue weighted by atomic mass is 10.4. The minimum Gasteiger partial charge on any atom is -0.487 e. The van der Waals surface area contributed by atoms with Gasteiger partial charge in [-0.15, -0.1) is 11.3 Å². The van der Waals surface area contributed by atoms with Gasteiger partial charge in [0.05, 0.1) is 11.3 Å². The summed E-state index contributed by atoms with van der Waals surface area (Å²) >= 11 is 4.53. The van der Waals surface area contributed by atoms with Gasteiger partial charge in [0.1, 0.15) is 0 Å². The summed E-state index contributed by atoms with van der Waals surface area (Å²) < 4.78 is 6.19. The minimum absolute atomic E-state index is 0.122. The predicted molar refractivity (Wildman–Crippen MR) is 70.7 cm³/mol. The van der Waals surface area contributed by atoms with Crippen molar-refractivity contribution in [2.75, 3.05) is 7.11 Å². The monoisotopic (exact) mass is 270 g/mol. The molecule has 2 aromatic heterocycles. The van der Waals surface area contributed by atoms with E-state index >= 15 is 0 Å². The molecule has 2 aromatic rings. The fraction of sp³-hybridized carbons (Fsp3) is 0.182. The van der Waals surface area contributed by atoms with Gasteiger partial charge in [0, 0.05) is 16.7 Å². The number of methoxy groups -OCH3 is 1. The average Bonchev–Trinajstić information content (AvgIpc) is 2.83. The van der Waals surface area contributed by atoms with E-state index in [1.807, 2.05) is 24.3 Å². The Labute approximate surface area is 106 Å². The molecule has 0 saturated carbocycles. The van der Waals surface area contributed by atoms with Crippen LogP contribution in [-0.4, -0.2) is 12.2 Å². The number of carbonyl (C=O) groups is 1. The van der Waals surface area contributed by atoms with Crippen LogP contribution in [0.1, 0.15) is 6.92 Å². The Morgan fingerprint density at radius 3 is 2.50 bits per heavy atom. The Morgan fingerprint density at radius 1 is 1.19 bits per heavy atom. The summed E-state index contributed by atoms with van der Waals surface area (Å²) in [5, 5.41) is 1.03. The van der Waals surface area contributed by atoms with E-state index in [-0.39, 0.29) is 5.12 Å². The first-order chi connectivity index (χ1) is 7.69. The van der Waals surface area contributed by atoms with Crippen molar-refractivity contribution in [3.05, 3.63) is 24.3 Å². The second-order valence-electron chi connectivity index (χ2n) is 3.04. The maximum Gasteiger partial charge on any atom is 0.191 e. The third kappa shape index (κ3) is 2.66. The maximum atomic E-state index is 11.0. The lowest BCUT2D eigenvalue weighted by Crippen LogP contribution is -1.75. The van der Waals surface area contributed by atoms with Crippen LogP contribution >= 0.6 is 34.4 Å². The predicted octanol–water partition coefficient (Wildman–Crippen LogP) is 4.12. The molecule has 0 N–H and O–H groups in total. The first-order valence-corrected chi connectivity index (χ1v) is 7.06. The van der Waals surface area contributed by atoms with E-state index in [0.717, 1.165) is 9.27 Å². The van der Waals surface area contributed by atoms with Gasteiger partial charge in [-0.25, -0.2) is 0 Å². The molecule has 0 bridgehead atoms. The Hall–Kier alpha value is -0.780. The number of thiophene rings is 2. The third-order valence-electron chi connectivity index (χ3n) is 1.85. The smallest absolute Gasteiger partial charge is 0.191 e. The molecule has 5 heteroatoms. The van der Waals surface area contributed by atoms with Crippen LogP contribution in [0.4, 0.5) is 0 Å². The maximum absolute atomic E-state index is 11.0. The molecular weight excluding hydrogens is 260 g/mol. The summed E-state index contributed by atoms with van der Waals surface area (Å²) in [5.74, 6) is 0. The van der Waals surface area contributed by atoms with Gasteiger partial charge in [-0.05, 0) is 36.0 Å². The fourth-order valence-electron chi connectivity index (χ4n) is 1.21. The van der Waals surface area contributed by atoms with Crippen molar-refractivity contribution in [2.24, 2.45) is 0 Å². The van der Waals surface area contributed by atoms with E-state index in [9.17, 15) is 4.79 Å². The number of hydrogen-bond donors (Lipinski definition) is 0. The molecule has 2 heterocycles. The molecule has 0 aromatic carbocycles. The normalized spacial score (nSPS) is 10.4. The lowest BCUT2D eigenvalue weighted by molar-refractivity contribution is -0.109. The van der Waals surface area contributed by atoms with Gasteiger partial charge in [-0.1, -0.05) is 11.3 Å². The molecule has 84 valence electrons. The summed E-state index contributed by atoms with van der Waals surface area (Å²) in [4.78, 5) is 13.3. The van der Waals surface area contributed by atoms with Crippen molar-refractivity contribution in [1.29, 1.82) is 0 Å². The summed E-state index contributed by atoms with van der Waals surface area (Å²) in [6, 6.07) is 8.02. The van der Waals surface area contributed by atoms with Gasteiger partial charge in [0.2, 0.25) is 0 Å². The number of thioether (sulfide) groups is 1. The molecular formula is C11H10O2S3. The van der Waals surface area contributed by atoms with Gasteiger partial charge in [0.15, 0.2) is 10.2 Å². The highest BCUT2D eigenvalue weighted by atomic mass is 32.2. The van der Waals surface area contributed by atoms with Crippen LogP contribution in [0.5, 0.6) is 5.06 Å². The molecule has 0 unspecified atom stereocenters. The third-order valence-corrected chi connectivity index (χ3v) is 5.10. The van der Waals surface area contributed by atoms with Crippen molar-refractivity contribution in [3.8, 4) is 14.8 Å². The molecule has 0 aliphatic heterocycles. The van der Waals surface area contributed by atoms with Crippen LogP contribution in [0.3, 0.4) is 0 Å². The second-order valence-corrected chi connectivity index (χ2v) is 6.64. The summed E-state index contributed by atoms with van der Waals surface area (Å²) in [6.45, 7) is 1.58. The van der Waals surface area contributed by atoms with Crippen LogP contribution in [0, 0.1) is 0 Å². The highest BCUT2D eigenvalue weighted by Gasteiger charge is 2.08. The van der Waals surface area contributed by atoms with Gasteiger partial charge < -0.3 is 4.74 Å². The van der Waals surface area contributed by atoms with Crippen molar-refractivity contribution in [1.82, 2.24) is 0 Å². The molecule has 2 nitrogen and oxygen atoms in total. The molecule has 16 heavy (non-hydrogen) atoms. The Bertz CT molecular complexity index is 499. The van der Waals surface area contributed by atoms with Crippen molar-refractivity contribution >= 4 is 39.6 Å². The zero-order valence-electron chi connectivity index (χ0n) is 8.85. The molecule has 0 amide bonds. The Kier molecular flexibility index (Phi) is 3.68. The standard InChI is InChI=1S/C11H10O2S3/c1-7(12)14-11-6-4-9(16-11)8-3-5-10(13-2)15-8/h3-6H,1-2H3. The quantitative estimate of drug-likeness (QED) is 0.785. The van der Waals surface area contributed by atoms with Crippen molar-refractivity contribution in [3.63, 3.8) is 0 Å². The number of hydrogen-bond acceptors (Lipinski definition) is 5. The van der Waals surface area contributed by atoms with Crippen molar-refractivity contribution in [2.45, 2.75) is 11.1 Å². The molecule has 0 radical (unpaired) electrons. The average molecular weight is 270 g/mol. The molecule has 2 rings (SSSR count). The topological polar surface area (TPSA) is 26.3 Å². The zero-order valence-corrected chi connectivity index (χ0v) is 11.3. The summed E-state index contributed by atoms with van der Waals surface area (Å²) in [5.41, 5.74) is 0. The van der Waals surface area contributed by atoms with Gasteiger partial charge in [-0.2, -0.15) is 0 Å². The Morgan fingerprint density at radius 2 is 1.88 bits per heavy atom. The van der Waals surface area contributed by atoms with E-state index in [1.165, 1.54) is 21.5 Å². The molecule has 0 fully saturated rings. The highest BCUT2D eigenvalue weighted by molar-refractivity contribution is 8.15. The number of rotatable bonds is 3. The lowest BCUT2D eigenvalue weighted by Gasteiger charge is -1.91. The van der Waals surface area contributed by atoms with E-state index in [4.69, 9.17) is 4.74 Å². The molecule has 0 aliphatic rings. The first-order valence-electron chi connectivity index (χ1n) is 4.61. The van der Waals surface area contributed by atoms with Gasteiger partial charge >= 0.3 is 0 Å². The first kappa shape index (κ1) is 11.7. The van der Waals surface area contributed by atoms with Crippen LogP contribution in [-0.2, 0) is 4.79 Å². The molecule has 0 saturated heterocycles. The highest BCUT2D eigenvalue weighted by Crippen LogP contribution is 2.39. The SMILES string of the molecule is COc1ccc(-c2ccc(SC(C)=O)s2)s1. The largest absolute Gasteiger partial charge is 0.487 e. The summed E-state index contributed by atoms with van der Waals surface area (Å²) in [6.07, 6.45) is 0. The second kappa shape index (κ2) is 5.03. The van der Waals surface area contributed by atoms with Crippen LogP contribution in [0.25, 0.3) is 9.75 Å². The summed E-state index contributed by atoms with van der Waals surface area (Å²) in [7, 11) is 1.67. The molecule has 0 atom stereocenters. The number of ether oxygens (including phenoxy) is 1. The fourth-order valence-corrected chi connectivity index (χ4v) is 4.07. The Balaban J connectivity index is 2.20. The molecule has 0 spiro atoms. The van der Waals surface area contributed by atoms with E-state index in [0.29, 0.717) is 0 Å². The van der Waals surface area contributed by atoms with Crippen molar-refractivity contribution < 1.29 is 9.53 Å². The number of carbonyl (C=O) groups excluding carboxylic acids is 1. The molecule has 0 aliphatic carbocycles.